The Hall–Kier alpha value is -3.34. The van der Waals surface area contributed by atoms with Crippen LogP contribution in [0.5, 0.6) is 5.75 Å². The average Bonchev–Trinajstić information content (AvgIpc) is 2.75. The van der Waals surface area contributed by atoms with E-state index in [1.165, 1.54) is 0 Å². The first-order chi connectivity index (χ1) is 13.7. The second kappa shape index (κ2) is 9.55. The third kappa shape index (κ3) is 5.10. The molecule has 5 nitrogen and oxygen atoms in total. The van der Waals surface area contributed by atoms with Crippen molar-refractivity contribution >= 4 is 11.7 Å². The summed E-state index contributed by atoms with van der Waals surface area (Å²) in [4.78, 5) is 16.8. The number of rotatable bonds is 8. The van der Waals surface area contributed by atoms with Gasteiger partial charge in [0.25, 0.3) is 5.91 Å². The van der Waals surface area contributed by atoms with Crippen LogP contribution in [0.15, 0.2) is 72.9 Å². The van der Waals surface area contributed by atoms with Crippen molar-refractivity contribution in [2.24, 2.45) is 0 Å². The van der Waals surface area contributed by atoms with Crippen LogP contribution < -0.4 is 15.4 Å². The summed E-state index contributed by atoms with van der Waals surface area (Å²) in [7, 11) is 1.68. The van der Waals surface area contributed by atoms with Gasteiger partial charge in [-0.05, 0) is 42.7 Å². The number of methoxy groups -OCH3 is 1. The summed E-state index contributed by atoms with van der Waals surface area (Å²) in [5.74, 6) is 1.49. The highest BCUT2D eigenvalue weighted by atomic mass is 16.5. The smallest absolute Gasteiger partial charge is 0.253 e. The van der Waals surface area contributed by atoms with Crippen LogP contribution in [-0.2, 0) is 6.42 Å². The Morgan fingerprint density at radius 1 is 1.04 bits per heavy atom. The van der Waals surface area contributed by atoms with Crippen LogP contribution in [0.3, 0.4) is 0 Å². The molecule has 28 heavy (non-hydrogen) atoms. The third-order valence-corrected chi connectivity index (χ3v) is 4.57. The Balaban J connectivity index is 1.52. The van der Waals surface area contributed by atoms with E-state index < -0.39 is 0 Å². The largest absolute Gasteiger partial charge is 0.496 e. The van der Waals surface area contributed by atoms with Crippen molar-refractivity contribution < 1.29 is 9.53 Å². The molecule has 2 N–H and O–H groups in total. The van der Waals surface area contributed by atoms with Gasteiger partial charge < -0.3 is 15.4 Å². The maximum atomic E-state index is 12.4. The Labute approximate surface area is 165 Å². The van der Waals surface area contributed by atoms with Gasteiger partial charge in [-0.25, -0.2) is 4.98 Å². The molecule has 0 aliphatic rings. The van der Waals surface area contributed by atoms with Crippen molar-refractivity contribution in [2.75, 3.05) is 19.0 Å². The highest BCUT2D eigenvalue weighted by molar-refractivity contribution is 5.94. The van der Waals surface area contributed by atoms with E-state index >= 15 is 0 Å². The van der Waals surface area contributed by atoms with E-state index in [0.717, 1.165) is 35.7 Å². The molecule has 0 radical (unpaired) electrons. The normalized spacial score (nSPS) is 11.5. The van der Waals surface area contributed by atoms with Gasteiger partial charge in [-0.15, -0.1) is 0 Å². The quantitative estimate of drug-likeness (QED) is 0.618. The third-order valence-electron chi connectivity index (χ3n) is 4.57. The molecule has 0 spiro atoms. The van der Waals surface area contributed by atoms with Gasteiger partial charge in [-0.2, -0.15) is 0 Å². The summed E-state index contributed by atoms with van der Waals surface area (Å²) in [6.45, 7) is 2.69. The number of hydrogen-bond acceptors (Lipinski definition) is 4. The van der Waals surface area contributed by atoms with E-state index in [1.54, 1.807) is 19.4 Å². The van der Waals surface area contributed by atoms with Gasteiger partial charge in [-0.1, -0.05) is 48.5 Å². The first kappa shape index (κ1) is 19.4. The van der Waals surface area contributed by atoms with Crippen molar-refractivity contribution in [1.29, 1.82) is 0 Å². The topological polar surface area (TPSA) is 63.2 Å². The Morgan fingerprint density at radius 2 is 1.79 bits per heavy atom. The zero-order valence-electron chi connectivity index (χ0n) is 16.2. The summed E-state index contributed by atoms with van der Waals surface area (Å²) >= 11 is 0. The molecule has 1 atom stereocenters. The van der Waals surface area contributed by atoms with Gasteiger partial charge in [0.05, 0.1) is 18.7 Å². The van der Waals surface area contributed by atoms with E-state index in [9.17, 15) is 4.79 Å². The van der Waals surface area contributed by atoms with Crippen LogP contribution in [0, 0.1) is 0 Å². The molecule has 0 aliphatic carbocycles. The summed E-state index contributed by atoms with van der Waals surface area (Å²) in [5, 5.41) is 6.27. The minimum Gasteiger partial charge on any atom is -0.496 e. The number of nitrogens with zero attached hydrogens (tertiary/aromatic N) is 1. The summed E-state index contributed by atoms with van der Waals surface area (Å²) in [5.41, 5.74) is 2.75. The lowest BCUT2D eigenvalue weighted by Gasteiger charge is -2.14. The molecule has 1 amide bonds. The van der Waals surface area contributed by atoms with E-state index in [1.807, 2.05) is 61.5 Å². The maximum Gasteiger partial charge on any atom is 0.253 e. The monoisotopic (exact) mass is 375 g/mol. The fourth-order valence-electron chi connectivity index (χ4n) is 2.97. The van der Waals surface area contributed by atoms with Gasteiger partial charge in [0, 0.05) is 12.7 Å². The summed E-state index contributed by atoms with van der Waals surface area (Å²) in [6.07, 6.45) is 2.42. The lowest BCUT2D eigenvalue weighted by atomic mass is 10.1. The molecule has 1 unspecified atom stereocenters. The molecule has 1 aromatic heterocycles. The molecular weight excluding hydrogens is 350 g/mol. The van der Waals surface area contributed by atoms with E-state index in [0.29, 0.717) is 5.56 Å². The number of hydrogen-bond donors (Lipinski definition) is 2. The molecule has 0 fully saturated rings. The predicted molar refractivity (Wildman–Crippen MR) is 112 cm³/mol. The van der Waals surface area contributed by atoms with E-state index in [4.69, 9.17) is 4.74 Å². The SMILES string of the molecule is COc1ccccc1CCNc1ccc(C(=O)NC(C)c2ccccc2)cn1. The fourth-order valence-corrected chi connectivity index (χ4v) is 2.97. The first-order valence-corrected chi connectivity index (χ1v) is 9.35. The molecule has 0 bridgehead atoms. The van der Waals surface area contributed by atoms with Gasteiger partial charge in [0.1, 0.15) is 11.6 Å². The minimum absolute atomic E-state index is 0.0626. The van der Waals surface area contributed by atoms with Gasteiger partial charge >= 0.3 is 0 Å². The molecule has 0 aliphatic heterocycles. The number of amides is 1. The molecular formula is C23H25N3O2. The van der Waals surface area contributed by atoms with Crippen molar-refractivity contribution in [1.82, 2.24) is 10.3 Å². The van der Waals surface area contributed by atoms with E-state index in [-0.39, 0.29) is 11.9 Å². The number of aromatic nitrogens is 1. The summed E-state index contributed by atoms with van der Waals surface area (Å²) in [6, 6.07) is 21.4. The van der Waals surface area contributed by atoms with Crippen molar-refractivity contribution in [2.45, 2.75) is 19.4 Å². The van der Waals surface area contributed by atoms with Crippen LogP contribution >= 0.6 is 0 Å². The van der Waals surface area contributed by atoms with Crippen molar-refractivity contribution in [3.63, 3.8) is 0 Å². The number of para-hydroxylation sites is 1. The van der Waals surface area contributed by atoms with Crippen LogP contribution in [0.4, 0.5) is 5.82 Å². The van der Waals surface area contributed by atoms with Gasteiger partial charge in [0.15, 0.2) is 0 Å². The molecule has 2 aromatic carbocycles. The number of carbonyl (C=O) groups is 1. The summed E-state index contributed by atoms with van der Waals surface area (Å²) < 4.78 is 5.37. The van der Waals surface area contributed by atoms with Crippen LogP contribution in [0.1, 0.15) is 34.5 Å². The van der Waals surface area contributed by atoms with Crippen molar-refractivity contribution in [3.8, 4) is 5.75 Å². The van der Waals surface area contributed by atoms with Crippen LogP contribution in [-0.4, -0.2) is 24.5 Å². The maximum absolute atomic E-state index is 12.4. The lowest BCUT2D eigenvalue weighted by molar-refractivity contribution is 0.0939. The minimum atomic E-state index is -0.135. The van der Waals surface area contributed by atoms with Gasteiger partial charge in [-0.3, -0.25) is 4.79 Å². The Morgan fingerprint density at radius 3 is 2.50 bits per heavy atom. The lowest BCUT2D eigenvalue weighted by Crippen LogP contribution is -2.26. The fraction of sp³-hybridized carbons (Fsp3) is 0.217. The number of benzene rings is 2. The molecule has 5 heteroatoms. The zero-order valence-corrected chi connectivity index (χ0v) is 16.2. The second-order valence-electron chi connectivity index (χ2n) is 6.53. The zero-order chi connectivity index (χ0) is 19.8. The van der Waals surface area contributed by atoms with E-state index in [2.05, 4.69) is 21.7 Å². The predicted octanol–water partition coefficient (Wildman–Crippen LogP) is 4.24. The highest BCUT2D eigenvalue weighted by Crippen LogP contribution is 2.18. The second-order valence-corrected chi connectivity index (χ2v) is 6.53. The van der Waals surface area contributed by atoms with Crippen LogP contribution in [0.25, 0.3) is 0 Å². The highest BCUT2D eigenvalue weighted by Gasteiger charge is 2.11. The first-order valence-electron chi connectivity index (χ1n) is 9.35. The number of anilines is 1. The van der Waals surface area contributed by atoms with Gasteiger partial charge in [0.2, 0.25) is 0 Å². The average molecular weight is 375 g/mol. The molecule has 144 valence electrons. The Kier molecular flexibility index (Phi) is 6.63. The standard InChI is InChI=1S/C23H25N3O2/c1-17(18-8-4-3-5-9-18)26-23(27)20-12-13-22(25-16-20)24-15-14-19-10-6-7-11-21(19)28-2/h3-13,16-17H,14-15H2,1-2H3,(H,24,25)(H,26,27). The number of nitrogens with one attached hydrogen (secondary N) is 2. The molecule has 0 saturated heterocycles. The van der Waals surface area contributed by atoms with Crippen molar-refractivity contribution in [3.05, 3.63) is 89.6 Å². The molecule has 3 rings (SSSR count). The van der Waals surface area contributed by atoms with Crippen LogP contribution in [0.2, 0.25) is 0 Å². The number of ether oxygens (including phenoxy) is 1. The Bertz CT molecular complexity index is 895. The number of carbonyl (C=O) groups excluding carboxylic acids is 1. The number of pyridine rings is 1. The molecule has 1 heterocycles. The molecule has 3 aromatic rings. The molecule has 0 saturated carbocycles.